The summed E-state index contributed by atoms with van der Waals surface area (Å²) in [5, 5.41) is 3.48. The maximum absolute atomic E-state index is 5.38. The lowest BCUT2D eigenvalue weighted by Gasteiger charge is -2.07. The van der Waals surface area contributed by atoms with Crippen molar-refractivity contribution in [3.63, 3.8) is 0 Å². The molecule has 1 aromatic heterocycles. The standard InChI is InChI=1S/C13H19N3O/c1-2-11(1)15-8-12-3-5-14-13(16-12)7-10-4-6-17-9-10/h3,5,10-11,15H,1-2,4,6-9H2. The van der Waals surface area contributed by atoms with Gasteiger partial charge in [-0.3, -0.25) is 0 Å². The highest BCUT2D eigenvalue weighted by molar-refractivity contribution is 5.03. The Bertz CT molecular complexity index is 373. The van der Waals surface area contributed by atoms with Crippen LogP contribution in [0.25, 0.3) is 0 Å². The van der Waals surface area contributed by atoms with Crippen LogP contribution in [-0.2, 0) is 17.7 Å². The van der Waals surface area contributed by atoms with E-state index < -0.39 is 0 Å². The lowest BCUT2D eigenvalue weighted by Crippen LogP contribution is -2.17. The molecule has 2 heterocycles. The van der Waals surface area contributed by atoms with Crippen molar-refractivity contribution < 1.29 is 4.74 Å². The summed E-state index contributed by atoms with van der Waals surface area (Å²) < 4.78 is 5.38. The molecule has 0 bridgehead atoms. The fraction of sp³-hybridized carbons (Fsp3) is 0.692. The van der Waals surface area contributed by atoms with Gasteiger partial charge < -0.3 is 10.1 Å². The van der Waals surface area contributed by atoms with E-state index in [0.717, 1.165) is 50.2 Å². The van der Waals surface area contributed by atoms with E-state index in [1.165, 1.54) is 12.8 Å². The molecule has 0 aromatic carbocycles. The van der Waals surface area contributed by atoms with Crippen LogP contribution in [0.5, 0.6) is 0 Å². The average Bonchev–Trinajstić information content (AvgIpc) is 3.05. The molecule has 17 heavy (non-hydrogen) atoms. The van der Waals surface area contributed by atoms with Crippen LogP contribution < -0.4 is 5.32 Å². The summed E-state index contributed by atoms with van der Waals surface area (Å²) in [4.78, 5) is 8.96. The van der Waals surface area contributed by atoms with Crippen molar-refractivity contribution in [1.29, 1.82) is 0 Å². The van der Waals surface area contributed by atoms with Crippen molar-refractivity contribution in [1.82, 2.24) is 15.3 Å². The van der Waals surface area contributed by atoms with Crippen LogP contribution in [0.1, 0.15) is 30.8 Å². The predicted molar refractivity (Wildman–Crippen MR) is 64.5 cm³/mol. The van der Waals surface area contributed by atoms with Gasteiger partial charge in [-0.05, 0) is 31.2 Å². The van der Waals surface area contributed by atoms with Gasteiger partial charge in [0.05, 0.1) is 5.69 Å². The highest BCUT2D eigenvalue weighted by atomic mass is 16.5. The SMILES string of the molecule is c1cc(CNC2CC2)nc(CC2CCOC2)n1. The second-order valence-electron chi connectivity index (χ2n) is 5.05. The molecule has 2 fully saturated rings. The van der Waals surface area contributed by atoms with E-state index in [-0.39, 0.29) is 0 Å². The van der Waals surface area contributed by atoms with Crippen molar-refractivity contribution >= 4 is 0 Å². The molecule has 92 valence electrons. The van der Waals surface area contributed by atoms with Crippen LogP contribution in [0.2, 0.25) is 0 Å². The average molecular weight is 233 g/mol. The van der Waals surface area contributed by atoms with Crippen molar-refractivity contribution in [3.8, 4) is 0 Å². The molecule has 0 radical (unpaired) electrons. The number of aromatic nitrogens is 2. The summed E-state index contributed by atoms with van der Waals surface area (Å²) in [6, 6.07) is 2.74. The minimum Gasteiger partial charge on any atom is -0.381 e. The van der Waals surface area contributed by atoms with Gasteiger partial charge in [0.1, 0.15) is 5.82 Å². The summed E-state index contributed by atoms with van der Waals surface area (Å²) in [5.41, 5.74) is 1.11. The molecule has 1 N–H and O–H groups in total. The third-order valence-corrected chi connectivity index (χ3v) is 3.41. The van der Waals surface area contributed by atoms with E-state index in [4.69, 9.17) is 4.74 Å². The zero-order valence-corrected chi connectivity index (χ0v) is 10.1. The molecule has 1 aromatic rings. The van der Waals surface area contributed by atoms with Crippen LogP contribution in [0, 0.1) is 5.92 Å². The van der Waals surface area contributed by atoms with Crippen molar-refractivity contribution in [2.75, 3.05) is 13.2 Å². The van der Waals surface area contributed by atoms with Gasteiger partial charge in [-0.25, -0.2) is 9.97 Å². The molecule has 1 aliphatic heterocycles. The summed E-state index contributed by atoms with van der Waals surface area (Å²) in [5.74, 6) is 1.58. The molecule has 3 rings (SSSR count). The van der Waals surface area contributed by atoms with Gasteiger partial charge in [-0.1, -0.05) is 0 Å². The van der Waals surface area contributed by atoms with E-state index in [1.807, 2.05) is 12.3 Å². The van der Waals surface area contributed by atoms with E-state index in [9.17, 15) is 0 Å². The first-order valence-electron chi connectivity index (χ1n) is 6.52. The minimum absolute atomic E-state index is 0.613. The Morgan fingerprint density at radius 3 is 3.06 bits per heavy atom. The van der Waals surface area contributed by atoms with E-state index in [1.54, 1.807) is 0 Å². The summed E-state index contributed by atoms with van der Waals surface area (Å²) >= 11 is 0. The van der Waals surface area contributed by atoms with Gasteiger partial charge in [0.25, 0.3) is 0 Å². The highest BCUT2D eigenvalue weighted by Gasteiger charge is 2.20. The number of nitrogens with one attached hydrogen (secondary N) is 1. The van der Waals surface area contributed by atoms with Crippen LogP contribution in [0.15, 0.2) is 12.3 Å². The van der Waals surface area contributed by atoms with Crippen LogP contribution >= 0.6 is 0 Å². The molecule has 0 amide bonds. The Kier molecular flexibility index (Phi) is 3.34. The zero-order valence-electron chi connectivity index (χ0n) is 10.1. The Morgan fingerprint density at radius 2 is 2.29 bits per heavy atom. The summed E-state index contributed by atoms with van der Waals surface area (Å²) in [6.07, 6.45) is 6.61. The first-order chi connectivity index (χ1) is 8.40. The van der Waals surface area contributed by atoms with Gasteiger partial charge in [-0.15, -0.1) is 0 Å². The predicted octanol–water partition coefficient (Wildman–Crippen LogP) is 1.31. The Hall–Kier alpha value is -1.00. The molecular weight excluding hydrogens is 214 g/mol. The number of hydrogen-bond acceptors (Lipinski definition) is 4. The zero-order chi connectivity index (χ0) is 11.5. The normalized spacial score (nSPS) is 24.1. The Labute approximate surface area is 102 Å². The number of nitrogens with zero attached hydrogens (tertiary/aromatic N) is 2. The number of ether oxygens (including phenoxy) is 1. The Morgan fingerprint density at radius 1 is 1.35 bits per heavy atom. The van der Waals surface area contributed by atoms with Gasteiger partial charge in [0.2, 0.25) is 0 Å². The van der Waals surface area contributed by atoms with E-state index in [0.29, 0.717) is 5.92 Å². The molecule has 1 unspecified atom stereocenters. The molecule has 1 saturated carbocycles. The molecule has 1 saturated heterocycles. The maximum Gasteiger partial charge on any atom is 0.128 e. The summed E-state index contributed by atoms with van der Waals surface area (Å²) in [6.45, 7) is 2.64. The first kappa shape index (κ1) is 11.1. The topological polar surface area (TPSA) is 47.0 Å². The van der Waals surface area contributed by atoms with Gasteiger partial charge in [0.15, 0.2) is 0 Å². The monoisotopic (exact) mass is 233 g/mol. The quantitative estimate of drug-likeness (QED) is 0.833. The van der Waals surface area contributed by atoms with Crippen molar-refractivity contribution in [3.05, 3.63) is 23.8 Å². The van der Waals surface area contributed by atoms with Crippen molar-refractivity contribution in [2.45, 2.75) is 38.3 Å². The smallest absolute Gasteiger partial charge is 0.128 e. The summed E-state index contributed by atoms with van der Waals surface area (Å²) in [7, 11) is 0. The molecule has 4 nitrogen and oxygen atoms in total. The fourth-order valence-corrected chi connectivity index (χ4v) is 2.18. The number of rotatable bonds is 5. The second kappa shape index (κ2) is 5.10. The minimum atomic E-state index is 0.613. The molecule has 2 aliphatic rings. The van der Waals surface area contributed by atoms with Gasteiger partial charge in [0, 0.05) is 38.4 Å². The van der Waals surface area contributed by atoms with E-state index >= 15 is 0 Å². The van der Waals surface area contributed by atoms with Gasteiger partial charge in [-0.2, -0.15) is 0 Å². The first-order valence-corrected chi connectivity index (χ1v) is 6.52. The number of hydrogen-bond donors (Lipinski definition) is 1. The second-order valence-corrected chi connectivity index (χ2v) is 5.05. The van der Waals surface area contributed by atoms with Crippen LogP contribution in [0.4, 0.5) is 0 Å². The Balaban J connectivity index is 1.56. The molecule has 1 aliphatic carbocycles. The lowest BCUT2D eigenvalue weighted by molar-refractivity contribution is 0.185. The molecular formula is C13H19N3O. The van der Waals surface area contributed by atoms with Gasteiger partial charge >= 0.3 is 0 Å². The third kappa shape index (κ3) is 3.23. The molecule has 0 spiro atoms. The van der Waals surface area contributed by atoms with Crippen LogP contribution in [0.3, 0.4) is 0 Å². The third-order valence-electron chi connectivity index (χ3n) is 3.41. The lowest BCUT2D eigenvalue weighted by atomic mass is 10.0. The van der Waals surface area contributed by atoms with Crippen LogP contribution in [-0.4, -0.2) is 29.2 Å². The molecule has 4 heteroatoms. The fourth-order valence-electron chi connectivity index (χ4n) is 2.18. The van der Waals surface area contributed by atoms with E-state index in [2.05, 4.69) is 15.3 Å². The maximum atomic E-state index is 5.38. The molecule has 1 atom stereocenters. The highest BCUT2D eigenvalue weighted by Crippen LogP contribution is 2.19. The largest absolute Gasteiger partial charge is 0.381 e. The van der Waals surface area contributed by atoms with Crippen molar-refractivity contribution in [2.24, 2.45) is 5.92 Å².